The summed E-state index contributed by atoms with van der Waals surface area (Å²) in [6.45, 7) is 2.15. The van der Waals surface area contributed by atoms with Gasteiger partial charge in [-0.25, -0.2) is 4.79 Å². The second-order valence-corrected chi connectivity index (χ2v) is 9.59. The van der Waals surface area contributed by atoms with Gasteiger partial charge in [0.05, 0.1) is 0 Å². The predicted molar refractivity (Wildman–Crippen MR) is 141 cm³/mol. The first-order chi connectivity index (χ1) is 17.1. The first-order valence-corrected chi connectivity index (χ1v) is 12.9. The van der Waals surface area contributed by atoms with Crippen molar-refractivity contribution in [1.82, 2.24) is 0 Å². The topological polar surface area (TPSA) is 56.5 Å². The minimum atomic E-state index is -0.235. The molecule has 4 nitrogen and oxygen atoms in total. The molecular weight excluding hydrogens is 436 g/mol. The zero-order chi connectivity index (χ0) is 24.2. The van der Waals surface area contributed by atoms with Crippen LogP contribution in [-0.4, -0.2) is 12.4 Å². The van der Waals surface area contributed by atoms with Crippen molar-refractivity contribution in [2.45, 2.75) is 64.7 Å². The van der Waals surface area contributed by atoms with Gasteiger partial charge in [0.25, 0.3) is 0 Å². The van der Waals surface area contributed by atoms with Crippen LogP contribution >= 0.6 is 0 Å². The van der Waals surface area contributed by atoms with Crippen molar-refractivity contribution in [3.05, 3.63) is 87.3 Å². The molecule has 0 N–H and O–H groups in total. The van der Waals surface area contributed by atoms with Crippen LogP contribution in [0.4, 0.5) is 0 Å². The van der Waals surface area contributed by atoms with E-state index >= 15 is 0 Å². The number of hydrogen-bond acceptors (Lipinski definition) is 4. The van der Waals surface area contributed by atoms with Gasteiger partial charge in [0.1, 0.15) is 11.3 Å². The molecule has 1 aliphatic carbocycles. The van der Waals surface area contributed by atoms with E-state index in [1.807, 2.05) is 48.5 Å². The van der Waals surface area contributed by atoms with Gasteiger partial charge in [0.2, 0.25) is 0 Å². The molecule has 0 bridgehead atoms. The molecule has 3 aromatic carbocycles. The summed E-state index contributed by atoms with van der Waals surface area (Å²) in [4.78, 5) is 25.6. The van der Waals surface area contributed by atoms with Crippen LogP contribution in [0.15, 0.2) is 63.8 Å². The molecule has 180 valence electrons. The van der Waals surface area contributed by atoms with Crippen LogP contribution in [0.25, 0.3) is 21.7 Å². The number of unbranched alkanes of at least 4 members (excludes halogenated alkanes) is 3. The van der Waals surface area contributed by atoms with Gasteiger partial charge in [-0.1, -0.05) is 62.6 Å². The number of ether oxygens (including phenoxy) is 1. The maximum atomic E-state index is 13.0. The fraction of sp³-hybridized carbons (Fsp3) is 0.355. The zero-order valence-electron chi connectivity index (χ0n) is 20.4. The monoisotopic (exact) mass is 468 g/mol. The highest BCUT2D eigenvalue weighted by molar-refractivity contribution is 6.01. The van der Waals surface area contributed by atoms with Gasteiger partial charge in [0, 0.05) is 22.6 Å². The van der Waals surface area contributed by atoms with E-state index in [2.05, 4.69) is 13.0 Å². The van der Waals surface area contributed by atoms with Gasteiger partial charge in [-0.2, -0.15) is 0 Å². The molecule has 0 unspecified atom stereocenters. The number of fused-ring (bicyclic) bond motifs is 4. The molecule has 35 heavy (non-hydrogen) atoms. The van der Waals surface area contributed by atoms with Crippen molar-refractivity contribution in [3.63, 3.8) is 0 Å². The molecule has 0 saturated carbocycles. The maximum Gasteiger partial charge on any atom is 0.339 e. The Morgan fingerprint density at radius 3 is 2.54 bits per heavy atom. The molecule has 0 fully saturated rings. The highest BCUT2D eigenvalue weighted by Gasteiger charge is 2.20. The molecule has 5 rings (SSSR count). The Kier molecular flexibility index (Phi) is 6.98. The number of ketones is 1. The molecule has 4 aromatic rings. The molecule has 1 heterocycles. The second-order valence-electron chi connectivity index (χ2n) is 9.59. The quantitative estimate of drug-likeness (QED) is 0.148. The number of hydrogen-bond donors (Lipinski definition) is 0. The second kappa shape index (κ2) is 10.5. The summed E-state index contributed by atoms with van der Waals surface area (Å²) >= 11 is 0. The minimum absolute atomic E-state index is 0.0546. The average molecular weight is 469 g/mol. The number of carbonyl (C=O) groups is 1. The van der Waals surface area contributed by atoms with E-state index in [9.17, 15) is 9.59 Å². The van der Waals surface area contributed by atoms with Crippen molar-refractivity contribution in [2.24, 2.45) is 0 Å². The summed E-state index contributed by atoms with van der Waals surface area (Å²) in [6.07, 6.45) is 9.31. The first-order valence-electron chi connectivity index (χ1n) is 12.9. The molecular formula is C31H32O4. The van der Waals surface area contributed by atoms with E-state index in [-0.39, 0.29) is 18.0 Å². The summed E-state index contributed by atoms with van der Waals surface area (Å²) < 4.78 is 11.8. The Morgan fingerprint density at radius 1 is 0.914 bits per heavy atom. The summed E-state index contributed by atoms with van der Waals surface area (Å²) in [5.74, 6) is 0.571. The molecule has 0 aliphatic heterocycles. The third-order valence-electron chi connectivity index (χ3n) is 7.13. The maximum absolute atomic E-state index is 13.0. The van der Waals surface area contributed by atoms with Crippen molar-refractivity contribution >= 4 is 27.5 Å². The van der Waals surface area contributed by atoms with E-state index in [4.69, 9.17) is 9.15 Å². The van der Waals surface area contributed by atoms with Crippen molar-refractivity contribution in [2.75, 3.05) is 6.61 Å². The van der Waals surface area contributed by atoms with Gasteiger partial charge in [-0.15, -0.1) is 0 Å². The van der Waals surface area contributed by atoms with Gasteiger partial charge >= 0.3 is 5.63 Å². The molecule has 0 atom stereocenters. The van der Waals surface area contributed by atoms with E-state index in [1.54, 1.807) is 0 Å². The van der Waals surface area contributed by atoms with Crippen molar-refractivity contribution in [1.29, 1.82) is 0 Å². The lowest BCUT2D eigenvalue weighted by molar-refractivity contribution is 0.0921. The van der Waals surface area contributed by atoms with Gasteiger partial charge in [-0.05, 0) is 72.6 Å². The Labute approximate surface area is 205 Å². The third kappa shape index (κ3) is 5.02. The van der Waals surface area contributed by atoms with Gasteiger partial charge in [0.15, 0.2) is 12.4 Å². The largest absolute Gasteiger partial charge is 0.485 e. The fourth-order valence-corrected chi connectivity index (χ4v) is 5.18. The van der Waals surface area contributed by atoms with Crippen LogP contribution in [0.1, 0.15) is 72.5 Å². The number of Topliss-reactive ketones (excluding diaryl/α,β-unsaturated/α-hetero) is 1. The van der Waals surface area contributed by atoms with Crippen LogP contribution in [0.2, 0.25) is 0 Å². The first kappa shape index (κ1) is 23.3. The van der Waals surface area contributed by atoms with Crippen molar-refractivity contribution < 1.29 is 13.9 Å². The molecule has 0 spiro atoms. The van der Waals surface area contributed by atoms with Crippen LogP contribution in [0.3, 0.4) is 0 Å². The summed E-state index contributed by atoms with van der Waals surface area (Å²) in [5, 5.41) is 3.16. The Balaban J connectivity index is 1.44. The number of benzene rings is 3. The molecule has 1 aromatic heterocycles. The third-order valence-corrected chi connectivity index (χ3v) is 7.13. The van der Waals surface area contributed by atoms with Crippen molar-refractivity contribution in [3.8, 4) is 5.75 Å². The predicted octanol–water partition coefficient (Wildman–Crippen LogP) is 7.21. The zero-order valence-corrected chi connectivity index (χ0v) is 20.4. The standard InChI is InChI=1S/C31H32O4/c1-2-3-4-5-12-24-18-27-25-13-8-9-14-26(25)31(33)35-30(27)19-29(24)34-20-28(32)23-16-15-21-10-6-7-11-22(21)17-23/h6-7,10-11,15-19H,2-5,8-9,12-14,20H2,1H3. The molecule has 0 saturated heterocycles. The normalized spacial score (nSPS) is 13.2. The number of carbonyl (C=O) groups excluding carboxylic acids is 1. The number of aryl methyl sites for hydroxylation is 2. The SMILES string of the molecule is CCCCCCc1cc2c3c(c(=O)oc2cc1OCC(=O)c1ccc2ccccc2c1)CCCC3. The Morgan fingerprint density at radius 2 is 1.71 bits per heavy atom. The van der Waals surface area contributed by atoms with Crippen LogP contribution < -0.4 is 10.4 Å². The summed E-state index contributed by atoms with van der Waals surface area (Å²) in [7, 11) is 0. The molecule has 4 heteroatoms. The highest BCUT2D eigenvalue weighted by atomic mass is 16.5. The lowest BCUT2D eigenvalue weighted by Crippen LogP contribution is -2.16. The Bertz CT molecular complexity index is 1430. The molecule has 1 aliphatic rings. The minimum Gasteiger partial charge on any atom is -0.485 e. The van der Waals surface area contributed by atoms with Crippen LogP contribution in [0.5, 0.6) is 5.75 Å². The lowest BCUT2D eigenvalue weighted by atomic mass is 9.89. The van der Waals surface area contributed by atoms with E-state index in [0.29, 0.717) is 16.9 Å². The number of rotatable bonds is 9. The van der Waals surface area contributed by atoms with E-state index < -0.39 is 0 Å². The van der Waals surface area contributed by atoms with Crippen LogP contribution in [0, 0.1) is 0 Å². The smallest absolute Gasteiger partial charge is 0.339 e. The van der Waals surface area contributed by atoms with E-state index in [1.165, 1.54) is 12.8 Å². The average Bonchev–Trinajstić information content (AvgIpc) is 2.89. The summed E-state index contributed by atoms with van der Waals surface area (Å²) in [6, 6.07) is 17.7. The fourth-order valence-electron chi connectivity index (χ4n) is 5.18. The van der Waals surface area contributed by atoms with Gasteiger partial charge in [-0.3, -0.25) is 4.79 Å². The lowest BCUT2D eigenvalue weighted by Gasteiger charge is -2.18. The Hall–Kier alpha value is -3.40. The highest BCUT2D eigenvalue weighted by Crippen LogP contribution is 2.33. The van der Waals surface area contributed by atoms with E-state index in [0.717, 1.165) is 77.8 Å². The van der Waals surface area contributed by atoms with Crippen LogP contribution in [-0.2, 0) is 19.3 Å². The summed E-state index contributed by atoms with van der Waals surface area (Å²) in [5.41, 5.74) is 4.01. The van der Waals surface area contributed by atoms with Gasteiger partial charge < -0.3 is 9.15 Å². The molecule has 0 radical (unpaired) electrons. The molecule has 0 amide bonds.